The van der Waals surface area contributed by atoms with Gasteiger partial charge in [-0.05, 0) is 61.4 Å². The Hall–Kier alpha value is -3.02. The maximum Gasteiger partial charge on any atom is 0.119 e. The second-order valence-electron chi connectivity index (χ2n) is 6.26. The van der Waals surface area contributed by atoms with E-state index < -0.39 is 0 Å². The standard InChI is InChI=1S/C25H24O2/c1-3-26-18-19-27-25-16-14-24(15-17-25)23-12-10-22(11-13-23)9-8-21-6-4-20(2)5-7-21/h4-7,10-17H,3,18-19H2,1-2H3. The van der Waals surface area contributed by atoms with Gasteiger partial charge in [-0.3, -0.25) is 0 Å². The highest BCUT2D eigenvalue weighted by atomic mass is 16.5. The van der Waals surface area contributed by atoms with Crippen LogP contribution in [0, 0.1) is 18.8 Å². The molecule has 136 valence electrons. The van der Waals surface area contributed by atoms with Crippen LogP contribution in [0.2, 0.25) is 0 Å². The van der Waals surface area contributed by atoms with Crippen molar-refractivity contribution in [3.05, 3.63) is 89.5 Å². The topological polar surface area (TPSA) is 18.5 Å². The third-order valence-electron chi connectivity index (χ3n) is 4.18. The first-order valence-corrected chi connectivity index (χ1v) is 9.24. The van der Waals surface area contributed by atoms with Crippen molar-refractivity contribution in [2.24, 2.45) is 0 Å². The molecule has 0 radical (unpaired) electrons. The highest BCUT2D eigenvalue weighted by Crippen LogP contribution is 2.22. The Labute approximate surface area is 161 Å². The molecule has 2 nitrogen and oxygen atoms in total. The quantitative estimate of drug-likeness (QED) is 0.430. The molecule has 3 aromatic rings. The molecule has 0 unspecified atom stereocenters. The Kier molecular flexibility index (Phi) is 6.68. The normalized spacial score (nSPS) is 10.1. The molecule has 0 amide bonds. The fourth-order valence-corrected chi connectivity index (χ4v) is 2.63. The molecule has 2 heteroatoms. The van der Waals surface area contributed by atoms with Crippen LogP contribution in [0.25, 0.3) is 11.1 Å². The number of rotatable bonds is 6. The van der Waals surface area contributed by atoms with Crippen LogP contribution in [0.1, 0.15) is 23.6 Å². The number of aryl methyl sites for hydroxylation is 1. The van der Waals surface area contributed by atoms with E-state index in [0.717, 1.165) is 28.0 Å². The molecule has 0 aliphatic heterocycles. The summed E-state index contributed by atoms with van der Waals surface area (Å²) in [7, 11) is 0. The summed E-state index contributed by atoms with van der Waals surface area (Å²) in [5, 5.41) is 0. The van der Waals surface area contributed by atoms with Crippen molar-refractivity contribution in [1.82, 2.24) is 0 Å². The molecule has 27 heavy (non-hydrogen) atoms. The second-order valence-corrected chi connectivity index (χ2v) is 6.26. The van der Waals surface area contributed by atoms with Crippen molar-refractivity contribution >= 4 is 0 Å². The van der Waals surface area contributed by atoms with Crippen molar-refractivity contribution in [2.45, 2.75) is 13.8 Å². The summed E-state index contributed by atoms with van der Waals surface area (Å²) < 4.78 is 10.9. The maximum atomic E-state index is 5.66. The van der Waals surface area contributed by atoms with Gasteiger partial charge < -0.3 is 9.47 Å². The summed E-state index contributed by atoms with van der Waals surface area (Å²) in [6, 6.07) is 24.7. The van der Waals surface area contributed by atoms with E-state index in [-0.39, 0.29) is 0 Å². The van der Waals surface area contributed by atoms with Crippen LogP contribution in [-0.2, 0) is 4.74 Å². The Morgan fingerprint density at radius 3 is 1.74 bits per heavy atom. The molecule has 0 fully saturated rings. The predicted octanol–water partition coefficient (Wildman–Crippen LogP) is 5.48. The molecule has 0 spiro atoms. The molecule has 0 aliphatic carbocycles. The molecule has 0 aromatic heterocycles. The number of hydrogen-bond donors (Lipinski definition) is 0. The summed E-state index contributed by atoms with van der Waals surface area (Å²) in [6.45, 7) is 5.96. The average molecular weight is 356 g/mol. The highest BCUT2D eigenvalue weighted by molar-refractivity contribution is 5.65. The lowest BCUT2D eigenvalue weighted by molar-refractivity contribution is 0.110. The number of benzene rings is 3. The zero-order valence-electron chi connectivity index (χ0n) is 15.9. The molecule has 0 atom stereocenters. The van der Waals surface area contributed by atoms with Gasteiger partial charge in [0.15, 0.2) is 0 Å². The minimum atomic E-state index is 0.571. The smallest absolute Gasteiger partial charge is 0.119 e. The summed E-state index contributed by atoms with van der Waals surface area (Å²) in [6.07, 6.45) is 0. The summed E-state index contributed by atoms with van der Waals surface area (Å²) >= 11 is 0. The average Bonchev–Trinajstić information content (AvgIpc) is 2.72. The Morgan fingerprint density at radius 1 is 0.667 bits per heavy atom. The van der Waals surface area contributed by atoms with Crippen LogP contribution in [0.3, 0.4) is 0 Å². The SMILES string of the molecule is CCOCCOc1ccc(-c2ccc(C#Cc3ccc(C)cc3)cc2)cc1. The Bertz CT molecular complexity index is 896. The van der Waals surface area contributed by atoms with Crippen molar-refractivity contribution in [3.8, 4) is 28.7 Å². The van der Waals surface area contributed by atoms with Gasteiger partial charge in [-0.25, -0.2) is 0 Å². The van der Waals surface area contributed by atoms with E-state index in [1.165, 1.54) is 5.56 Å². The lowest BCUT2D eigenvalue weighted by Crippen LogP contribution is -2.06. The molecule has 3 rings (SSSR count). The molecule has 0 heterocycles. The Morgan fingerprint density at radius 2 is 1.19 bits per heavy atom. The van der Waals surface area contributed by atoms with Gasteiger partial charge in [-0.2, -0.15) is 0 Å². The van der Waals surface area contributed by atoms with E-state index in [4.69, 9.17) is 9.47 Å². The largest absolute Gasteiger partial charge is 0.491 e. The number of hydrogen-bond acceptors (Lipinski definition) is 2. The fraction of sp³-hybridized carbons (Fsp3) is 0.200. The summed E-state index contributed by atoms with van der Waals surface area (Å²) in [4.78, 5) is 0. The van der Waals surface area contributed by atoms with Crippen LogP contribution in [0.5, 0.6) is 5.75 Å². The number of ether oxygens (including phenoxy) is 2. The second kappa shape index (κ2) is 9.62. The maximum absolute atomic E-state index is 5.66. The van der Waals surface area contributed by atoms with E-state index in [1.807, 2.05) is 19.1 Å². The summed E-state index contributed by atoms with van der Waals surface area (Å²) in [5.41, 5.74) is 5.61. The van der Waals surface area contributed by atoms with Crippen LogP contribution in [-0.4, -0.2) is 19.8 Å². The minimum Gasteiger partial charge on any atom is -0.491 e. The van der Waals surface area contributed by atoms with Gasteiger partial charge in [0.2, 0.25) is 0 Å². The van der Waals surface area contributed by atoms with Crippen LogP contribution in [0.15, 0.2) is 72.8 Å². The fourth-order valence-electron chi connectivity index (χ4n) is 2.63. The van der Waals surface area contributed by atoms with E-state index in [9.17, 15) is 0 Å². The molecule has 0 N–H and O–H groups in total. The molecule has 0 aliphatic rings. The van der Waals surface area contributed by atoms with Crippen LogP contribution >= 0.6 is 0 Å². The first-order valence-electron chi connectivity index (χ1n) is 9.24. The van der Waals surface area contributed by atoms with Crippen molar-refractivity contribution in [2.75, 3.05) is 19.8 Å². The Balaban J connectivity index is 1.62. The van der Waals surface area contributed by atoms with E-state index >= 15 is 0 Å². The van der Waals surface area contributed by atoms with Gasteiger partial charge in [0, 0.05) is 17.7 Å². The molecule has 0 saturated heterocycles. The van der Waals surface area contributed by atoms with E-state index in [0.29, 0.717) is 19.8 Å². The highest BCUT2D eigenvalue weighted by Gasteiger charge is 1.99. The van der Waals surface area contributed by atoms with Gasteiger partial charge in [0.25, 0.3) is 0 Å². The van der Waals surface area contributed by atoms with Gasteiger partial charge in [-0.1, -0.05) is 53.8 Å². The van der Waals surface area contributed by atoms with Gasteiger partial charge in [0.1, 0.15) is 12.4 Å². The minimum absolute atomic E-state index is 0.571. The van der Waals surface area contributed by atoms with Crippen molar-refractivity contribution in [1.29, 1.82) is 0 Å². The lowest BCUT2D eigenvalue weighted by atomic mass is 10.0. The van der Waals surface area contributed by atoms with Crippen LogP contribution < -0.4 is 4.74 Å². The zero-order chi connectivity index (χ0) is 18.9. The van der Waals surface area contributed by atoms with Gasteiger partial charge >= 0.3 is 0 Å². The first kappa shape index (κ1) is 18.8. The summed E-state index contributed by atoms with van der Waals surface area (Å²) in [5.74, 6) is 7.29. The van der Waals surface area contributed by atoms with Gasteiger partial charge in [0.05, 0.1) is 6.61 Å². The zero-order valence-corrected chi connectivity index (χ0v) is 15.9. The molecule has 0 saturated carbocycles. The molecular weight excluding hydrogens is 332 g/mol. The predicted molar refractivity (Wildman–Crippen MR) is 111 cm³/mol. The van der Waals surface area contributed by atoms with Crippen molar-refractivity contribution in [3.63, 3.8) is 0 Å². The van der Waals surface area contributed by atoms with Crippen molar-refractivity contribution < 1.29 is 9.47 Å². The lowest BCUT2D eigenvalue weighted by Gasteiger charge is -2.07. The monoisotopic (exact) mass is 356 g/mol. The molecule has 3 aromatic carbocycles. The first-order chi connectivity index (χ1) is 13.2. The van der Waals surface area contributed by atoms with E-state index in [2.05, 4.69) is 79.4 Å². The van der Waals surface area contributed by atoms with Crippen LogP contribution in [0.4, 0.5) is 0 Å². The third-order valence-corrected chi connectivity index (χ3v) is 4.18. The van der Waals surface area contributed by atoms with Gasteiger partial charge in [-0.15, -0.1) is 0 Å². The third kappa shape index (κ3) is 5.74. The molecule has 0 bridgehead atoms. The van der Waals surface area contributed by atoms with E-state index in [1.54, 1.807) is 0 Å². The molecular formula is C25H24O2.